The molecule has 0 spiro atoms. The van der Waals surface area contributed by atoms with Crippen LogP contribution in [0.15, 0.2) is 18.3 Å². The number of carbonyl (C=O) groups excluding carboxylic acids is 2. The van der Waals surface area contributed by atoms with Gasteiger partial charge in [-0.3, -0.25) is 4.79 Å². The summed E-state index contributed by atoms with van der Waals surface area (Å²) < 4.78 is 9.66. The van der Waals surface area contributed by atoms with Crippen molar-refractivity contribution in [2.45, 2.75) is 6.92 Å². The average molecular weight is 281 g/mol. The lowest BCUT2D eigenvalue weighted by Crippen LogP contribution is -2.32. The standard InChI is InChI=1S/C13H19N3O4/c1-3-20-13(18)10-4-5-11(15-8-10)16-9-12(17)14-6-7-19-2/h4-5,8H,3,6-7,9H2,1-2H3,(H,14,17)(H,15,16). The number of nitrogens with one attached hydrogen (secondary N) is 2. The zero-order chi connectivity index (χ0) is 14.8. The number of nitrogens with zero attached hydrogens (tertiary/aromatic N) is 1. The summed E-state index contributed by atoms with van der Waals surface area (Å²) in [5, 5.41) is 5.53. The minimum absolute atomic E-state index is 0.107. The van der Waals surface area contributed by atoms with Crippen molar-refractivity contribution in [1.29, 1.82) is 0 Å². The lowest BCUT2D eigenvalue weighted by atomic mass is 10.3. The fourth-order valence-electron chi connectivity index (χ4n) is 1.36. The van der Waals surface area contributed by atoms with Crippen LogP contribution < -0.4 is 10.6 Å². The van der Waals surface area contributed by atoms with Crippen LogP contribution in [0.4, 0.5) is 5.82 Å². The second kappa shape index (κ2) is 8.87. The Bertz CT molecular complexity index is 434. The number of amides is 1. The van der Waals surface area contributed by atoms with Crippen LogP contribution in [0, 0.1) is 0 Å². The van der Waals surface area contributed by atoms with Crippen LogP contribution >= 0.6 is 0 Å². The summed E-state index contributed by atoms with van der Waals surface area (Å²) in [6, 6.07) is 3.21. The number of methoxy groups -OCH3 is 1. The van der Waals surface area contributed by atoms with E-state index in [9.17, 15) is 9.59 Å². The minimum Gasteiger partial charge on any atom is -0.462 e. The Balaban J connectivity index is 2.38. The highest BCUT2D eigenvalue weighted by Crippen LogP contribution is 2.06. The highest BCUT2D eigenvalue weighted by molar-refractivity contribution is 5.89. The first-order chi connectivity index (χ1) is 9.67. The second-order valence-corrected chi connectivity index (χ2v) is 3.85. The van der Waals surface area contributed by atoms with Crippen LogP contribution in [-0.2, 0) is 14.3 Å². The Morgan fingerprint density at radius 2 is 2.15 bits per heavy atom. The number of ether oxygens (including phenoxy) is 2. The minimum atomic E-state index is -0.413. The number of hydrogen-bond acceptors (Lipinski definition) is 6. The maximum absolute atomic E-state index is 11.4. The fourth-order valence-corrected chi connectivity index (χ4v) is 1.36. The van der Waals surface area contributed by atoms with Crippen molar-refractivity contribution < 1.29 is 19.1 Å². The zero-order valence-corrected chi connectivity index (χ0v) is 11.6. The lowest BCUT2D eigenvalue weighted by Gasteiger charge is -2.07. The van der Waals surface area contributed by atoms with Gasteiger partial charge in [-0.15, -0.1) is 0 Å². The van der Waals surface area contributed by atoms with Crippen molar-refractivity contribution in [1.82, 2.24) is 10.3 Å². The second-order valence-electron chi connectivity index (χ2n) is 3.85. The maximum atomic E-state index is 11.4. The third kappa shape index (κ3) is 5.66. The van der Waals surface area contributed by atoms with Gasteiger partial charge in [0.25, 0.3) is 0 Å². The molecular formula is C13H19N3O4. The molecule has 1 aromatic rings. The lowest BCUT2D eigenvalue weighted by molar-refractivity contribution is -0.119. The van der Waals surface area contributed by atoms with Gasteiger partial charge in [0.2, 0.25) is 5.91 Å². The molecule has 1 heterocycles. The van der Waals surface area contributed by atoms with Crippen molar-refractivity contribution >= 4 is 17.7 Å². The molecule has 110 valence electrons. The summed E-state index contributed by atoms with van der Waals surface area (Å²) in [6.45, 7) is 3.10. The first-order valence-corrected chi connectivity index (χ1v) is 6.30. The third-order valence-corrected chi connectivity index (χ3v) is 2.33. The molecule has 7 nitrogen and oxygen atoms in total. The molecule has 0 aliphatic carbocycles. The molecule has 0 radical (unpaired) electrons. The molecule has 1 aromatic heterocycles. The van der Waals surface area contributed by atoms with Crippen LogP contribution in [0.1, 0.15) is 17.3 Å². The van der Waals surface area contributed by atoms with E-state index in [0.29, 0.717) is 31.1 Å². The number of anilines is 1. The SMILES string of the molecule is CCOC(=O)c1ccc(NCC(=O)NCCOC)nc1. The van der Waals surface area contributed by atoms with E-state index in [0.717, 1.165) is 0 Å². The van der Waals surface area contributed by atoms with Gasteiger partial charge >= 0.3 is 5.97 Å². The summed E-state index contributed by atoms with van der Waals surface area (Å²) in [7, 11) is 1.57. The molecule has 1 amide bonds. The number of esters is 1. The Labute approximate surface area is 117 Å². The number of rotatable bonds is 8. The van der Waals surface area contributed by atoms with Crippen molar-refractivity contribution in [2.24, 2.45) is 0 Å². The molecule has 0 atom stereocenters. The molecule has 1 rings (SSSR count). The van der Waals surface area contributed by atoms with Crippen LogP contribution in [0.3, 0.4) is 0 Å². The topological polar surface area (TPSA) is 89.5 Å². The Morgan fingerprint density at radius 3 is 2.75 bits per heavy atom. The zero-order valence-electron chi connectivity index (χ0n) is 11.6. The normalized spacial score (nSPS) is 9.90. The van der Waals surface area contributed by atoms with Crippen molar-refractivity contribution in [3.8, 4) is 0 Å². The molecule has 0 aliphatic heterocycles. The molecule has 0 bridgehead atoms. The highest BCUT2D eigenvalue weighted by atomic mass is 16.5. The van der Waals surface area contributed by atoms with E-state index in [1.165, 1.54) is 6.20 Å². The fraction of sp³-hybridized carbons (Fsp3) is 0.462. The summed E-state index contributed by atoms with van der Waals surface area (Å²) >= 11 is 0. The molecule has 0 aromatic carbocycles. The average Bonchev–Trinajstić information content (AvgIpc) is 2.46. The van der Waals surface area contributed by atoms with Crippen LogP contribution in [-0.4, -0.2) is 50.3 Å². The maximum Gasteiger partial charge on any atom is 0.339 e. The van der Waals surface area contributed by atoms with Crippen LogP contribution in [0.5, 0.6) is 0 Å². The first kappa shape index (κ1) is 15.9. The molecule has 0 saturated heterocycles. The van der Waals surface area contributed by atoms with Gasteiger partial charge in [-0.1, -0.05) is 0 Å². The van der Waals surface area contributed by atoms with Crippen molar-refractivity contribution in [3.63, 3.8) is 0 Å². The monoisotopic (exact) mass is 281 g/mol. The van der Waals surface area contributed by atoms with Gasteiger partial charge in [0.05, 0.1) is 25.3 Å². The van der Waals surface area contributed by atoms with Gasteiger partial charge < -0.3 is 20.1 Å². The third-order valence-electron chi connectivity index (χ3n) is 2.33. The van der Waals surface area contributed by atoms with Crippen molar-refractivity contribution in [3.05, 3.63) is 23.9 Å². The largest absolute Gasteiger partial charge is 0.462 e. The summed E-state index contributed by atoms with van der Waals surface area (Å²) in [4.78, 5) is 26.9. The Hall–Kier alpha value is -2.15. The number of pyridine rings is 1. The molecule has 0 unspecified atom stereocenters. The molecule has 0 saturated carbocycles. The molecule has 20 heavy (non-hydrogen) atoms. The molecular weight excluding hydrogens is 262 g/mol. The summed E-state index contributed by atoms with van der Waals surface area (Å²) in [5.74, 6) is -0.0536. The van der Waals surface area contributed by atoms with E-state index in [2.05, 4.69) is 15.6 Å². The van der Waals surface area contributed by atoms with Gasteiger partial charge in [0, 0.05) is 19.9 Å². The van der Waals surface area contributed by atoms with E-state index < -0.39 is 5.97 Å². The van der Waals surface area contributed by atoms with Gasteiger partial charge in [-0.25, -0.2) is 9.78 Å². The van der Waals surface area contributed by atoms with E-state index >= 15 is 0 Å². The van der Waals surface area contributed by atoms with E-state index in [1.54, 1.807) is 26.2 Å². The van der Waals surface area contributed by atoms with E-state index in [-0.39, 0.29) is 12.5 Å². The van der Waals surface area contributed by atoms with Crippen molar-refractivity contribution in [2.75, 3.05) is 38.7 Å². The van der Waals surface area contributed by atoms with Crippen LogP contribution in [0.2, 0.25) is 0 Å². The van der Waals surface area contributed by atoms with E-state index in [4.69, 9.17) is 9.47 Å². The van der Waals surface area contributed by atoms with Gasteiger partial charge in [0.15, 0.2) is 0 Å². The predicted octanol–water partition coefficient (Wildman–Crippen LogP) is 0.433. The summed E-state index contributed by atoms with van der Waals surface area (Å²) in [5.41, 5.74) is 0.377. The van der Waals surface area contributed by atoms with Gasteiger partial charge in [-0.05, 0) is 19.1 Å². The number of carbonyl (C=O) groups is 2. The predicted molar refractivity (Wildman–Crippen MR) is 73.6 cm³/mol. The smallest absolute Gasteiger partial charge is 0.339 e. The van der Waals surface area contributed by atoms with E-state index in [1.807, 2.05) is 0 Å². The van der Waals surface area contributed by atoms with Gasteiger partial charge in [-0.2, -0.15) is 0 Å². The first-order valence-electron chi connectivity index (χ1n) is 6.30. The van der Waals surface area contributed by atoms with Crippen LogP contribution in [0.25, 0.3) is 0 Å². The quantitative estimate of drug-likeness (QED) is 0.530. The summed E-state index contributed by atoms with van der Waals surface area (Å²) in [6.07, 6.45) is 1.41. The highest BCUT2D eigenvalue weighted by Gasteiger charge is 2.07. The Kier molecular flexibility index (Phi) is 7.05. The Morgan fingerprint density at radius 1 is 1.35 bits per heavy atom. The molecule has 2 N–H and O–H groups in total. The number of aromatic nitrogens is 1. The number of hydrogen-bond donors (Lipinski definition) is 2. The molecule has 0 aliphatic rings. The molecule has 7 heteroatoms. The molecule has 0 fully saturated rings. The van der Waals surface area contributed by atoms with Gasteiger partial charge in [0.1, 0.15) is 5.82 Å².